The highest BCUT2D eigenvalue weighted by Gasteiger charge is 2.29. The van der Waals surface area contributed by atoms with Crippen molar-refractivity contribution in [2.45, 2.75) is 19.3 Å². The van der Waals surface area contributed by atoms with Crippen LogP contribution in [0.1, 0.15) is 19.4 Å². The molecule has 0 bridgehead atoms. The molecular weight excluding hydrogens is 202 g/mol. The molecule has 0 aromatic heterocycles. The van der Waals surface area contributed by atoms with E-state index in [0.717, 1.165) is 0 Å². The predicted molar refractivity (Wildman–Crippen MR) is 56.5 cm³/mol. The Morgan fingerprint density at radius 1 is 1.50 bits per heavy atom. The van der Waals surface area contributed by atoms with Gasteiger partial charge >= 0.3 is 5.97 Å². The van der Waals surface area contributed by atoms with E-state index in [2.05, 4.69) is 0 Å². The molecule has 0 heterocycles. The van der Waals surface area contributed by atoms with Gasteiger partial charge in [0, 0.05) is 0 Å². The molecule has 0 aliphatic heterocycles. The van der Waals surface area contributed by atoms with Crippen molar-refractivity contribution in [1.29, 1.82) is 0 Å². The topological polar surface area (TPSA) is 63.3 Å². The van der Waals surface area contributed by atoms with Gasteiger partial charge in [-0.05, 0) is 31.5 Å². The fraction of sp³-hybridized carbons (Fsp3) is 0.300. The van der Waals surface area contributed by atoms with Crippen LogP contribution >= 0.6 is 11.6 Å². The molecule has 4 heteroatoms. The summed E-state index contributed by atoms with van der Waals surface area (Å²) in [4.78, 5) is 10.9. The average Bonchev–Trinajstić information content (AvgIpc) is 2.09. The quantitative estimate of drug-likeness (QED) is 0.741. The maximum absolute atomic E-state index is 10.9. The third-order valence-electron chi connectivity index (χ3n) is 2.26. The second-order valence-electron chi connectivity index (χ2n) is 3.67. The van der Waals surface area contributed by atoms with Crippen molar-refractivity contribution in [1.82, 2.24) is 0 Å². The number of aliphatic carboxylic acids is 1. The fourth-order valence-corrected chi connectivity index (χ4v) is 1.22. The van der Waals surface area contributed by atoms with Crippen molar-refractivity contribution in [3.05, 3.63) is 28.8 Å². The lowest BCUT2D eigenvalue weighted by atomic mass is 9.85. The minimum Gasteiger partial charge on any atom is -0.481 e. The number of nitrogens with two attached hydrogens (primary N) is 1. The van der Waals surface area contributed by atoms with Crippen molar-refractivity contribution in [3.8, 4) is 0 Å². The number of carboxylic acids is 1. The van der Waals surface area contributed by atoms with Crippen LogP contribution in [0.2, 0.25) is 5.02 Å². The maximum Gasteiger partial charge on any atom is 0.313 e. The Hall–Kier alpha value is -1.22. The molecule has 3 nitrogen and oxygen atoms in total. The number of carbonyl (C=O) groups is 1. The highest BCUT2D eigenvalue weighted by Crippen LogP contribution is 2.28. The molecule has 3 N–H and O–H groups in total. The van der Waals surface area contributed by atoms with Crippen LogP contribution in [0.5, 0.6) is 0 Å². The summed E-state index contributed by atoms with van der Waals surface area (Å²) in [6, 6.07) is 4.88. The summed E-state index contributed by atoms with van der Waals surface area (Å²) >= 11 is 5.81. The first-order chi connectivity index (χ1) is 6.35. The van der Waals surface area contributed by atoms with Crippen LogP contribution in [0.25, 0.3) is 0 Å². The Bertz CT molecular complexity index is 374. The van der Waals surface area contributed by atoms with Crippen molar-refractivity contribution < 1.29 is 9.90 Å². The van der Waals surface area contributed by atoms with Gasteiger partial charge in [0.1, 0.15) is 0 Å². The number of hydrogen-bond donors (Lipinski definition) is 2. The zero-order chi connectivity index (χ0) is 10.9. The first-order valence-corrected chi connectivity index (χ1v) is 4.52. The van der Waals surface area contributed by atoms with Gasteiger partial charge in [0.05, 0.1) is 16.1 Å². The van der Waals surface area contributed by atoms with Gasteiger partial charge in [0.2, 0.25) is 0 Å². The number of nitrogen functional groups attached to an aromatic ring is 1. The van der Waals surface area contributed by atoms with Gasteiger partial charge in [-0.1, -0.05) is 17.7 Å². The largest absolute Gasteiger partial charge is 0.481 e. The summed E-state index contributed by atoms with van der Waals surface area (Å²) < 4.78 is 0. The van der Waals surface area contributed by atoms with Crippen LogP contribution < -0.4 is 5.73 Å². The molecule has 0 fully saturated rings. The number of anilines is 1. The van der Waals surface area contributed by atoms with Gasteiger partial charge in [-0.3, -0.25) is 4.79 Å². The van der Waals surface area contributed by atoms with E-state index in [9.17, 15) is 4.79 Å². The van der Waals surface area contributed by atoms with Crippen LogP contribution in [0, 0.1) is 0 Å². The third-order valence-corrected chi connectivity index (χ3v) is 2.58. The Balaban J connectivity index is 3.21. The van der Waals surface area contributed by atoms with E-state index in [1.807, 2.05) is 0 Å². The van der Waals surface area contributed by atoms with E-state index in [1.54, 1.807) is 32.0 Å². The SMILES string of the molecule is CC(C)(C(=O)O)c1ccc(N)c(Cl)c1. The Morgan fingerprint density at radius 2 is 2.07 bits per heavy atom. The van der Waals surface area contributed by atoms with E-state index in [0.29, 0.717) is 16.3 Å². The molecule has 14 heavy (non-hydrogen) atoms. The number of halogens is 1. The van der Waals surface area contributed by atoms with E-state index in [1.165, 1.54) is 0 Å². The summed E-state index contributed by atoms with van der Waals surface area (Å²) in [7, 11) is 0. The highest BCUT2D eigenvalue weighted by atomic mass is 35.5. The van der Waals surface area contributed by atoms with E-state index < -0.39 is 11.4 Å². The van der Waals surface area contributed by atoms with Crippen LogP contribution in [-0.4, -0.2) is 11.1 Å². The lowest BCUT2D eigenvalue weighted by Crippen LogP contribution is -2.28. The minimum absolute atomic E-state index is 0.386. The van der Waals surface area contributed by atoms with Crippen LogP contribution in [0.15, 0.2) is 18.2 Å². The molecular formula is C10H12ClNO2. The van der Waals surface area contributed by atoms with Gasteiger partial charge in [0.25, 0.3) is 0 Å². The predicted octanol–water partition coefficient (Wildman–Crippen LogP) is 2.28. The molecule has 0 atom stereocenters. The summed E-state index contributed by atoms with van der Waals surface area (Å²) in [6.07, 6.45) is 0. The van der Waals surface area contributed by atoms with Crippen LogP contribution in [0.4, 0.5) is 5.69 Å². The first kappa shape index (κ1) is 10.9. The molecule has 1 aromatic rings. The molecule has 0 amide bonds. The molecule has 1 aromatic carbocycles. The highest BCUT2D eigenvalue weighted by molar-refractivity contribution is 6.33. The Labute approximate surface area is 87.5 Å². The molecule has 1 rings (SSSR count). The zero-order valence-corrected chi connectivity index (χ0v) is 8.80. The number of rotatable bonds is 2. The van der Waals surface area contributed by atoms with Gasteiger partial charge in [0.15, 0.2) is 0 Å². The van der Waals surface area contributed by atoms with E-state index >= 15 is 0 Å². The summed E-state index contributed by atoms with van der Waals surface area (Å²) in [6.45, 7) is 3.24. The molecule has 0 saturated carbocycles. The van der Waals surface area contributed by atoms with E-state index in [4.69, 9.17) is 22.4 Å². The van der Waals surface area contributed by atoms with Crippen molar-refractivity contribution in [3.63, 3.8) is 0 Å². The second-order valence-corrected chi connectivity index (χ2v) is 4.07. The lowest BCUT2D eigenvalue weighted by Gasteiger charge is -2.20. The standard InChI is InChI=1S/C10H12ClNO2/c1-10(2,9(13)14)6-3-4-8(12)7(11)5-6/h3-5H,12H2,1-2H3,(H,13,14). The second kappa shape index (κ2) is 3.50. The fourth-order valence-electron chi connectivity index (χ4n) is 1.04. The zero-order valence-electron chi connectivity index (χ0n) is 8.04. The summed E-state index contributed by atoms with van der Waals surface area (Å²) in [5, 5.41) is 9.37. The molecule has 0 aliphatic carbocycles. The lowest BCUT2D eigenvalue weighted by molar-refractivity contribution is -0.142. The number of benzene rings is 1. The molecule has 0 spiro atoms. The summed E-state index contributed by atoms with van der Waals surface area (Å²) in [5.41, 5.74) is 5.68. The van der Waals surface area contributed by atoms with Gasteiger partial charge in [-0.15, -0.1) is 0 Å². The van der Waals surface area contributed by atoms with Crippen molar-refractivity contribution in [2.75, 3.05) is 5.73 Å². The number of hydrogen-bond acceptors (Lipinski definition) is 2. The van der Waals surface area contributed by atoms with E-state index in [-0.39, 0.29) is 0 Å². The first-order valence-electron chi connectivity index (χ1n) is 4.14. The Morgan fingerprint density at radius 3 is 2.50 bits per heavy atom. The van der Waals surface area contributed by atoms with Gasteiger partial charge < -0.3 is 10.8 Å². The molecule has 0 radical (unpaired) electrons. The monoisotopic (exact) mass is 213 g/mol. The Kier molecular flexibility index (Phi) is 2.71. The summed E-state index contributed by atoms with van der Waals surface area (Å²) in [5.74, 6) is -0.890. The maximum atomic E-state index is 10.9. The van der Waals surface area contributed by atoms with Crippen molar-refractivity contribution in [2.24, 2.45) is 0 Å². The van der Waals surface area contributed by atoms with Crippen molar-refractivity contribution >= 4 is 23.3 Å². The van der Waals surface area contributed by atoms with Gasteiger partial charge in [-0.2, -0.15) is 0 Å². The number of carboxylic acid groups (broad SMARTS) is 1. The third kappa shape index (κ3) is 1.82. The minimum atomic E-state index is -0.947. The normalized spacial score (nSPS) is 11.4. The molecule has 0 unspecified atom stereocenters. The molecule has 0 aliphatic rings. The van der Waals surface area contributed by atoms with Crippen LogP contribution in [0.3, 0.4) is 0 Å². The van der Waals surface area contributed by atoms with Gasteiger partial charge in [-0.25, -0.2) is 0 Å². The molecule has 76 valence electrons. The molecule has 0 saturated heterocycles. The van der Waals surface area contributed by atoms with Crippen LogP contribution in [-0.2, 0) is 10.2 Å². The average molecular weight is 214 g/mol. The smallest absolute Gasteiger partial charge is 0.313 e.